The van der Waals surface area contributed by atoms with Gasteiger partial charge in [0.05, 0.1) is 12.7 Å². The van der Waals surface area contributed by atoms with Crippen LogP contribution in [-0.4, -0.2) is 44.4 Å². The lowest BCUT2D eigenvalue weighted by Gasteiger charge is -2.29. The molecule has 3 rings (SSSR count). The zero-order chi connectivity index (χ0) is 14.7. The molecule has 0 aliphatic carbocycles. The third-order valence-corrected chi connectivity index (χ3v) is 3.67. The van der Waals surface area contributed by atoms with E-state index in [4.69, 9.17) is 14.2 Å². The summed E-state index contributed by atoms with van der Waals surface area (Å²) < 4.78 is 16.5. The van der Waals surface area contributed by atoms with Gasteiger partial charge in [-0.25, -0.2) is 0 Å². The van der Waals surface area contributed by atoms with E-state index in [2.05, 4.69) is 10.6 Å². The lowest BCUT2D eigenvalue weighted by Crippen LogP contribution is -2.55. The highest BCUT2D eigenvalue weighted by molar-refractivity contribution is 5.82. The van der Waals surface area contributed by atoms with Gasteiger partial charge in [-0.05, 0) is 24.6 Å². The van der Waals surface area contributed by atoms with E-state index in [9.17, 15) is 4.79 Å². The van der Waals surface area contributed by atoms with Gasteiger partial charge in [0.25, 0.3) is 0 Å². The summed E-state index contributed by atoms with van der Waals surface area (Å²) in [6.07, 6.45) is -0.112. The van der Waals surface area contributed by atoms with Crippen molar-refractivity contribution in [2.24, 2.45) is 0 Å². The van der Waals surface area contributed by atoms with E-state index in [0.29, 0.717) is 32.9 Å². The molecule has 2 aliphatic heterocycles. The molecular formula is C15H20N2O4. The fourth-order valence-corrected chi connectivity index (χ4v) is 2.52. The van der Waals surface area contributed by atoms with Crippen molar-refractivity contribution in [1.29, 1.82) is 0 Å². The van der Waals surface area contributed by atoms with Crippen LogP contribution in [0, 0.1) is 0 Å². The number of benzene rings is 1. The molecule has 21 heavy (non-hydrogen) atoms. The van der Waals surface area contributed by atoms with E-state index in [-0.39, 0.29) is 18.1 Å². The second-order valence-corrected chi connectivity index (χ2v) is 5.20. The van der Waals surface area contributed by atoms with E-state index in [1.54, 1.807) is 0 Å². The molecule has 0 saturated carbocycles. The molecule has 114 valence electrons. The third-order valence-electron chi connectivity index (χ3n) is 3.67. The van der Waals surface area contributed by atoms with Crippen molar-refractivity contribution >= 4 is 5.91 Å². The smallest absolute Gasteiger partial charge is 0.240 e. The van der Waals surface area contributed by atoms with Crippen LogP contribution in [0.15, 0.2) is 18.2 Å². The summed E-state index contributed by atoms with van der Waals surface area (Å²) in [6.45, 7) is 4.85. The van der Waals surface area contributed by atoms with Crippen molar-refractivity contribution in [3.8, 4) is 11.5 Å². The fraction of sp³-hybridized carbons (Fsp3) is 0.533. The second kappa shape index (κ2) is 6.32. The minimum Gasteiger partial charge on any atom is -0.486 e. The van der Waals surface area contributed by atoms with Crippen LogP contribution in [0.1, 0.15) is 12.5 Å². The van der Waals surface area contributed by atoms with Gasteiger partial charge in [0.15, 0.2) is 11.5 Å². The molecule has 0 aromatic heterocycles. The van der Waals surface area contributed by atoms with Gasteiger partial charge in [-0.3, -0.25) is 4.79 Å². The van der Waals surface area contributed by atoms with Crippen LogP contribution in [0.25, 0.3) is 0 Å². The van der Waals surface area contributed by atoms with Crippen LogP contribution < -0.4 is 20.1 Å². The van der Waals surface area contributed by atoms with Gasteiger partial charge in [0.2, 0.25) is 5.91 Å². The number of rotatable bonds is 3. The Labute approximate surface area is 123 Å². The molecule has 1 saturated heterocycles. The molecule has 0 bridgehead atoms. The summed E-state index contributed by atoms with van der Waals surface area (Å²) in [5.41, 5.74) is 0.983. The molecule has 0 radical (unpaired) electrons. The molecule has 6 heteroatoms. The normalized spacial score (nSPS) is 24.4. The second-order valence-electron chi connectivity index (χ2n) is 5.20. The van der Waals surface area contributed by atoms with Crippen LogP contribution in [0.2, 0.25) is 0 Å². The average Bonchev–Trinajstić information content (AvgIpc) is 2.53. The number of morpholine rings is 1. The van der Waals surface area contributed by atoms with Gasteiger partial charge in [-0.15, -0.1) is 0 Å². The lowest BCUT2D eigenvalue weighted by atomic mass is 10.1. The first-order valence-electron chi connectivity index (χ1n) is 7.25. The van der Waals surface area contributed by atoms with Gasteiger partial charge in [0.1, 0.15) is 19.3 Å². The molecule has 0 spiro atoms. The molecule has 2 heterocycles. The summed E-state index contributed by atoms with van der Waals surface area (Å²) in [5, 5.41) is 6.10. The highest BCUT2D eigenvalue weighted by Gasteiger charge is 2.27. The van der Waals surface area contributed by atoms with E-state index >= 15 is 0 Å². The average molecular weight is 292 g/mol. The standard InChI is InChI=1S/C15H20N2O4/c1-10-14(16-4-5-19-10)15(18)17-9-11-2-3-12-13(8-11)21-7-6-20-12/h2-3,8,10,14,16H,4-7,9H2,1H3,(H,17,18)/t10-,14+/m1/s1. The number of carbonyl (C=O) groups excluding carboxylic acids is 1. The van der Waals surface area contributed by atoms with Crippen molar-refractivity contribution in [2.75, 3.05) is 26.4 Å². The summed E-state index contributed by atoms with van der Waals surface area (Å²) >= 11 is 0. The van der Waals surface area contributed by atoms with E-state index in [1.807, 2.05) is 25.1 Å². The van der Waals surface area contributed by atoms with Crippen LogP contribution in [-0.2, 0) is 16.1 Å². The first-order valence-corrected chi connectivity index (χ1v) is 7.25. The topological polar surface area (TPSA) is 68.8 Å². The molecule has 6 nitrogen and oxygen atoms in total. The molecule has 1 amide bonds. The zero-order valence-corrected chi connectivity index (χ0v) is 12.1. The summed E-state index contributed by atoms with van der Waals surface area (Å²) in [7, 11) is 0. The van der Waals surface area contributed by atoms with Crippen LogP contribution in [0.3, 0.4) is 0 Å². The van der Waals surface area contributed by atoms with Crippen molar-refractivity contribution in [1.82, 2.24) is 10.6 Å². The number of amides is 1. The van der Waals surface area contributed by atoms with Crippen molar-refractivity contribution in [3.05, 3.63) is 23.8 Å². The molecule has 1 aromatic carbocycles. The Balaban J connectivity index is 1.58. The highest BCUT2D eigenvalue weighted by atomic mass is 16.6. The minimum absolute atomic E-state index is 0.0444. The van der Waals surface area contributed by atoms with E-state index < -0.39 is 0 Å². The van der Waals surface area contributed by atoms with Crippen LogP contribution in [0.4, 0.5) is 0 Å². The minimum atomic E-state index is -0.295. The molecule has 1 fully saturated rings. The van der Waals surface area contributed by atoms with Gasteiger partial charge >= 0.3 is 0 Å². The summed E-state index contributed by atoms with van der Waals surface area (Å²) in [5.74, 6) is 1.45. The fourth-order valence-electron chi connectivity index (χ4n) is 2.52. The monoisotopic (exact) mass is 292 g/mol. The Morgan fingerprint density at radius 2 is 2.10 bits per heavy atom. The maximum Gasteiger partial charge on any atom is 0.240 e. The molecule has 0 unspecified atom stereocenters. The van der Waals surface area contributed by atoms with E-state index in [1.165, 1.54) is 0 Å². The largest absolute Gasteiger partial charge is 0.486 e. The van der Waals surface area contributed by atoms with Crippen LogP contribution in [0.5, 0.6) is 11.5 Å². The number of fused-ring (bicyclic) bond motifs is 1. The Kier molecular flexibility index (Phi) is 4.26. The number of hydrogen-bond donors (Lipinski definition) is 2. The summed E-state index contributed by atoms with van der Waals surface area (Å²) in [6, 6.07) is 5.42. The predicted molar refractivity (Wildman–Crippen MR) is 76.5 cm³/mol. The predicted octanol–water partition coefficient (Wildman–Crippen LogP) is 0.451. The summed E-state index contributed by atoms with van der Waals surface area (Å²) in [4.78, 5) is 12.2. The Bertz CT molecular complexity index is 520. The van der Waals surface area contributed by atoms with Crippen molar-refractivity contribution in [3.63, 3.8) is 0 Å². The van der Waals surface area contributed by atoms with Gasteiger partial charge in [-0.1, -0.05) is 6.07 Å². The molecule has 2 aliphatic rings. The lowest BCUT2D eigenvalue weighted by molar-refractivity contribution is -0.129. The van der Waals surface area contributed by atoms with Gasteiger partial charge < -0.3 is 24.8 Å². The zero-order valence-electron chi connectivity index (χ0n) is 12.1. The van der Waals surface area contributed by atoms with Gasteiger partial charge in [-0.2, -0.15) is 0 Å². The molecule has 2 N–H and O–H groups in total. The Hall–Kier alpha value is -1.79. The first-order chi connectivity index (χ1) is 10.2. The van der Waals surface area contributed by atoms with E-state index in [0.717, 1.165) is 17.1 Å². The molecule has 2 atom stereocenters. The first kappa shape index (κ1) is 14.2. The molecular weight excluding hydrogens is 272 g/mol. The molecule has 1 aromatic rings. The number of ether oxygens (including phenoxy) is 3. The maximum atomic E-state index is 12.2. The maximum absolute atomic E-state index is 12.2. The quantitative estimate of drug-likeness (QED) is 0.846. The SMILES string of the molecule is C[C@H]1OCCN[C@@H]1C(=O)NCc1ccc2c(c1)OCCO2. The van der Waals surface area contributed by atoms with Crippen molar-refractivity contribution in [2.45, 2.75) is 25.6 Å². The number of hydrogen-bond acceptors (Lipinski definition) is 5. The highest BCUT2D eigenvalue weighted by Crippen LogP contribution is 2.30. The van der Waals surface area contributed by atoms with Crippen LogP contribution >= 0.6 is 0 Å². The van der Waals surface area contributed by atoms with Crippen molar-refractivity contribution < 1.29 is 19.0 Å². The number of carbonyl (C=O) groups is 1. The Morgan fingerprint density at radius 3 is 2.90 bits per heavy atom. The van der Waals surface area contributed by atoms with Gasteiger partial charge in [0, 0.05) is 13.1 Å². The third kappa shape index (κ3) is 3.28. The Morgan fingerprint density at radius 1 is 1.29 bits per heavy atom. The number of nitrogens with one attached hydrogen (secondary N) is 2.